The lowest BCUT2D eigenvalue weighted by molar-refractivity contribution is -0.706. The lowest BCUT2D eigenvalue weighted by Crippen LogP contribution is -2.38. The van der Waals surface area contributed by atoms with E-state index in [4.69, 9.17) is 23.2 Å². The number of nitrogens with one attached hydrogen (secondary N) is 1. The van der Waals surface area contributed by atoms with Crippen molar-refractivity contribution >= 4 is 51.1 Å². The molecule has 6 nitrogen and oxygen atoms in total. The molecule has 2 aliphatic rings. The quantitative estimate of drug-likeness (QED) is 0.827. The molecule has 2 aliphatic heterocycles. The molecule has 1 atom stereocenters. The standard InChI is InChI=1S/C14H13Cl2N4O2S/c1-9-6-17-14-18-12(8-20(14,2)7-9)23(21,22)19-13-10(15)4-3-5-11(13)16/h3-8,19H,1-2H3/q+1. The van der Waals surface area contributed by atoms with Crippen LogP contribution in [0.2, 0.25) is 10.0 Å². The number of fused-ring (bicyclic) bond motifs is 1. The fourth-order valence-corrected chi connectivity index (χ4v) is 4.05. The molecule has 0 radical (unpaired) electrons. The number of quaternary nitrogens is 1. The molecular weight excluding hydrogens is 359 g/mol. The van der Waals surface area contributed by atoms with E-state index in [0.717, 1.165) is 5.57 Å². The van der Waals surface area contributed by atoms with Gasteiger partial charge in [0, 0.05) is 11.8 Å². The van der Waals surface area contributed by atoms with Gasteiger partial charge in [0.05, 0.1) is 22.8 Å². The SMILES string of the molecule is CC1=C[N+]2(C)C=C(S(=O)(=O)Nc3c(Cl)cccc3Cl)N=C2N=C1. The Balaban J connectivity index is 2.00. The molecule has 0 saturated carbocycles. The molecule has 0 aromatic heterocycles. The predicted molar refractivity (Wildman–Crippen MR) is 93.0 cm³/mol. The summed E-state index contributed by atoms with van der Waals surface area (Å²) in [5.74, 6) is 0.376. The van der Waals surface area contributed by atoms with Crippen molar-refractivity contribution in [2.24, 2.45) is 9.98 Å². The van der Waals surface area contributed by atoms with Crippen LogP contribution >= 0.6 is 23.2 Å². The molecule has 120 valence electrons. The summed E-state index contributed by atoms with van der Waals surface area (Å²) in [4.78, 5) is 8.30. The minimum absolute atomic E-state index is 0.0921. The highest BCUT2D eigenvalue weighted by molar-refractivity contribution is 7.96. The smallest absolute Gasteiger partial charge is 0.275 e. The van der Waals surface area contributed by atoms with Crippen LogP contribution in [0.3, 0.4) is 0 Å². The third-order valence-corrected chi connectivity index (χ3v) is 5.20. The second-order valence-electron chi connectivity index (χ2n) is 5.36. The Kier molecular flexibility index (Phi) is 3.84. The average molecular weight is 372 g/mol. The first-order chi connectivity index (χ1) is 10.7. The second kappa shape index (κ2) is 5.45. The van der Waals surface area contributed by atoms with E-state index in [1.165, 1.54) is 6.20 Å². The number of nitrogens with zero attached hydrogens (tertiary/aromatic N) is 3. The molecule has 1 aromatic carbocycles. The summed E-state index contributed by atoms with van der Waals surface area (Å²) in [6.45, 7) is 1.88. The molecule has 9 heteroatoms. The minimum atomic E-state index is -3.94. The molecule has 0 saturated heterocycles. The van der Waals surface area contributed by atoms with Gasteiger partial charge >= 0.3 is 5.96 Å². The summed E-state index contributed by atoms with van der Waals surface area (Å²) < 4.78 is 27.7. The van der Waals surface area contributed by atoms with Gasteiger partial charge in [0.25, 0.3) is 10.0 Å². The van der Waals surface area contributed by atoms with E-state index in [1.54, 1.807) is 31.5 Å². The minimum Gasteiger partial charge on any atom is -0.275 e. The van der Waals surface area contributed by atoms with Gasteiger partial charge in [-0.3, -0.25) is 4.72 Å². The molecule has 0 aliphatic carbocycles. The fourth-order valence-electron chi connectivity index (χ4n) is 2.30. The van der Waals surface area contributed by atoms with Gasteiger partial charge in [-0.25, -0.2) is 4.48 Å². The van der Waals surface area contributed by atoms with E-state index in [-0.39, 0.29) is 25.2 Å². The lowest BCUT2D eigenvalue weighted by Gasteiger charge is -2.22. The first-order valence-corrected chi connectivity index (χ1v) is 8.83. The van der Waals surface area contributed by atoms with Crippen LogP contribution in [-0.4, -0.2) is 32.1 Å². The summed E-state index contributed by atoms with van der Waals surface area (Å²) >= 11 is 12.0. The third kappa shape index (κ3) is 2.92. The summed E-state index contributed by atoms with van der Waals surface area (Å²) in [5, 5.41) is 0.285. The summed E-state index contributed by atoms with van der Waals surface area (Å²) in [5.41, 5.74) is 1.04. The van der Waals surface area contributed by atoms with Crippen molar-refractivity contribution in [3.05, 3.63) is 51.2 Å². The van der Waals surface area contributed by atoms with Gasteiger partial charge in [-0.05, 0) is 19.1 Å². The van der Waals surface area contributed by atoms with Crippen molar-refractivity contribution in [3.63, 3.8) is 0 Å². The van der Waals surface area contributed by atoms with Gasteiger partial charge in [0.15, 0.2) is 0 Å². The highest BCUT2D eigenvalue weighted by Crippen LogP contribution is 2.33. The summed E-state index contributed by atoms with van der Waals surface area (Å²) in [6.07, 6.45) is 5.00. The summed E-state index contributed by atoms with van der Waals surface area (Å²) in [7, 11) is -2.14. The Hall–Kier alpha value is -1.67. The topological polar surface area (TPSA) is 70.9 Å². The Morgan fingerprint density at radius 2 is 1.83 bits per heavy atom. The van der Waals surface area contributed by atoms with Crippen molar-refractivity contribution in [1.82, 2.24) is 0 Å². The molecule has 0 fully saturated rings. The molecule has 0 amide bonds. The monoisotopic (exact) mass is 371 g/mol. The van der Waals surface area contributed by atoms with Gasteiger partial charge in [-0.2, -0.15) is 18.4 Å². The van der Waals surface area contributed by atoms with E-state index in [2.05, 4.69) is 14.7 Å². The highest BCUT2D eigenvalue weighted by atomic mass is 35.5. The molecule has 23 heavy (non-hydrogen) atoms. The number of hydrogen-bond acceptors (Lipinski definition) is 4. The molecule has 3 rings (SSSR count). The number of sulfonamides is 1. The zero-order chi connectivity index (χ0) is 16.8. The number of aliphatic imine (C=N–C) groups is 2. The van der Waals surface area contributed by atoms with Crippen LogP contribution in [0.25, 0.3) is 0 Å². The number of guanidine groups is 1. The number of rotatable bonds is 3. The first kappa shape index (κ1) is 16.2. The lowest BCUT2D eigenvalue weighted by atomic mass is 10.3. The normalized spacial score (nSPS) is 23.0. The highest BCUT2D eigenvalue weighted by Gasteiger charge is 2.39. The van der Waals surface area contributed by atoms with Crippen LogP contribution in [0.1, 0.15) is 6.92 Å². The number of anilines is 1. The maximum absolute atomic E-state index is 12.6. The van der Waals surface area contributed by atoms with E-state index in [9.17, 15) is 8.42 Å². The molecular formula is C14H13Cl2N4O2S+. The van der Waals surface area contributed by atoms with Crippen molar-refractivity contribution in [3.8, 4) is 0 Å². The average Bonchev–Trinajstić information content (AvgIpc) is 2.80. The van der Waals surface area contributed by atoms with Crippen LogP contribution in [0, 0.1) is 0 Å². The van der Waals surface area contributed by atoms with E-state index < -0.39 is 10.0 Å². The van der Waals surface area contributed by atoms with Crippen molar-refractivity contribution in [1.29, 1.82) is 0 Å². The molecule has 0 bridgehead atoms. The van der Waals surface area contributed by atoms with Gasteiger partial charge in [0.2, 0.25) is 5.03 Å². The van der Waals surface area contributed by atoms with Crippen molar-refractivity contribution in [2.75, 3.05) is 11.8 Å². The zero-order valence-corrected chi connectivity index (χ0v) is 14.6. The van der Waals surface area contributed by atoms with E-state index >= 15 is 0 Å². The van der Waals surface area contributed by atoms with Crippen LogP contribution < -0.4 is 4.72 Å². The van der Waals surface area contributed by atoms with Crippen LogP contribution in [-0.2, 0) is 10.0 Å². The number of allylic oxidation sites excluding steroid dienone is 1. The number of halogens is 2. The number of hydrogen-bond donors (Lipinski definition) is 1. The molecule has 2 heterocycles. The Morgan fingerprint density at radius 1 is 1.17 bits per heavy atom. The van der Waals surface area contributed by atoms with Crippen LogP contribution in [0.4, 0.5) is 5.69 Å². The predicted octanol–water partition coefficient (Wildman–Crippen LogP) is 3.34. The van der Waals surface area contributed by atoms with Crippen molar-refractivity contribution < 1.29 is 12.9 Å². The molecule has 0 spiro atoms. The van der Waals surface area contributed by atoms with E-state index in [1.807, 2.05) is 13.1 Å². The third-order valence-electron chi connectivity index (χ3n) is 3.35. The van der Waals surface area contributed by atoms with E-state index in [0.29, 0.717) is 5.96 Å². The molecule has 1 N–H and O–H groups in total. The summed E-state index contributed by atoms with van der Waals surface area (Å²) in [6, 6.07) is 4.73. The first-order valence-electron chi connectivity index (χ1n) is 6.60. The number of benzene rings is 1. The maximum Gasteiger partial charge on any atom is 0.339 e. The van der Waals surface area contributed by atoms with Crippen LogP contribution in [0.15, 0.2) is 51.2 Å². The van der Waals surface area contributed by atoms with Crippen LogP contribution in [0.5, 0.6) is 0 Å². The van der Waals surface area contributed by atoms with Gasteiger partial charge < -0.3 is 0 Å². The van der Waals surface area contributed by atoms with Crippen molar-refractivity contribution in [2.45, 2.75) is 6.92 Å². The molecule has 1 aromatic rings. The Bertz CT molecular complexity index is 898. The second-order valence-corrected chi connectivity index (χ2v) is 7.80. The zero-order valence-electron chi connectivity index (χ0n) is 12.3. The van der Waals surface area contributed by atoms with Gasteiger partial charge in [-0.1, -0.05) is 29.3 Å². The van der Waals surface area contributed by atoms with Gasteiger partial charge in [-0.15, -0.1) is 0 Å². The molecule has 1 unspecified atom stereocenters. The Labute approximate surface area is 144 Å². The number of para-hydroxylation sites is 1. The maximum atomic E-state index is 12.6. The fraction of sp³-hybridized carbons (Fsp3) is 0.143. The Morgan fingerprint density at radius 3 is 2.48 bits per heavy atom. The van der Waals surface area contributed by atoms with Gasteiger partial charge in [0.1, 0.15) is 12.4 Å². The largest absolute Gasteiger partial charge is 0.339 e.